The van der Waals surface area contributed by atoms with E-state index in [4.69, 9.17) is 23.9 Å². The van der Waals surface area contributed by atoms with Crippen molar-refractivity contribution in [2.24, 2.45) is 0 Å². The Morgan fingerprint density at radius 2 is 1.87 bits per heavy atom. The van der Waals surface area contributed by atoms with Crippen molar-refractivity contribution in [1.82, 2.24) is 9.38 Å². The molecule has 45 heavy (non-hydrogen) atoms. The molecule has 7 rings (SSSR count). The molecule has 0 amide bonds. The number of esters is 1. The molecular weight excluding hydrogens is 573 g/mol. The monoisotopic (exact) mass is 615 g/mol. The number of piperidine rings is 1. The number of rotatable bonds is 3. The zero-order chi connectivity index (χ0) is 31.7. The van der Waals surface area contributed by atoms with Gasteiger partial charge >= 0.3 is 5.97 Å². The normalized spacial score (nSPS) is 21.3. The number of fused-ring (bicyclic) bond motifs is 8. The molecule has 4 aromatic rings. The van der Waals surface area contributed by atoms with Crippen LogP contribution < -0.4 is 9.64 Å². The van der Waals surface area contributed by atoms with Crippen LogP contribution in [-0.4, -0.2) is 61.0 Å². The molecule has 2 aromatic carbocycles. The lowest BCUT2D eigenvalue weighted by atomic mass is 9.92. The number of aryl methyl sites for hydroxylation is 1. The summed E-state index contributed by atoms with van der Waals surface area (Å²) >= 11 is 0. The van der Waals surface area contributed by atoms with Crippen molar-refractivity contribution in [3.63, 3.8) is 0 Å². The maximum absolute atomic E-state index is 14.4. The first-order chi connectivity index (χ1) is 21.7. The predicted molar refractivity (Wildman–Crippen MR) is 172 cm³/mol. The highest BCUT2D eigenvalue weighted by atomic mass is 19.1. The third kappa shape index (κ3) is 6.29. The molecule has 6 bridgehead atoms. The molecule has 5 heterocycles. The second-order valence-electron chi connectivity index (χ2n) is 12.5. The van der Waals surface area contributed by atoms with Crippen LogP contribution in [0, 0.1) is 12.7 Å². The van der Waals surface area contributed by atoms with Crippen LogP contribution in [0.4, 0.5) is 10.2 Å². The number of carbonyl (C=O) groups excluding carboxylic acids is 1. The van der Waals surface area contributed by atoms with Gasteiger partial charge in [-0.2, -0.15) is 0 Å². The standard InChI is InChI=1S/C36H42FN3O5/c1-23-19-31-38-29-22-40(31)34(32(23)33(42-4)35(41)43-5)39-16-14-36(3,15-17-39)44-18-7-6-9-24(2)45-30-21-27(37)12-13-28(30)25-10-8-11-26(29)20-25/h8,10-13,19-22,24,33H,6-7,9,14-18H2,1-5H3. The highest BCUT2D eigenvalue weighted by Crippen LogP contribution is 2.39. The summed E-state index contributed by atoms with van der Waals surface area (Å²) in [4.78, 5) is 20.3. The van der Waals surface area contributed by atoms with Crippen LogP contribution in [0.15, 0.2) is 54.7 Å². The lowest BCUT2D eigenvalue weighted by molar-refractivity contribution is -0.152. The largest absolute Gasteiger partial charge is 0.490 e. The number of halogens is 1. The molecule has 9 heteroatoms. The molecule has 2 unspecified atom stereocenters. The average molecular weight is 616 g/mol. The molecule has 0 N–H and O–H groups in total. The van der Waals surface area contributed by atoms with E-state index in [1.807, 2.05) is 44.3 Å². The van der Waals surface area contributed by atoms with E-state index in [0.29, 0.717) is 12.4 Å². The fraction of sp³-hybridized carbons (Fsp3) is 0.444. The molecule has 8 nitrogen and oxygen atoms in total. The van der Waals surface area contributed by atoms with Crippen molar-refractivity contribution < 1.29 is 28.1 Å². The molecular formula is C36H42FN3O5. The van der Waals surface area contributed by atoms with Crippen LogP contribution in [0.2, 0.25) is 0 Å². The Hall–Kier alpha value is -3.95. The smallest absolute Gasteiger partial charge is 0.339 e. The number of ether oxygens (including phenoxy) is 4. The van der Waals surface area contributed by atoms with Gasteiger partial charge in [0.1, 0.15) is 23.0 Å². The van der Waals surface area contributed by atoms with Gasteiger partial charge in [-0.1, -0.05) is 18.2 Å². The van der Waals surface area contributed by atoms with Gasteiger partial charge in [-0.25, -0.2) is 14.2 Å². The lowest BCUT2D eigenvalue weighted by Gasteiger charge is -2.41. The molecule has 3 aliphatic heterocycles. The van der Waals surface area contributed by atoms with E-state index in [2.05, 4.69) is 22.3 Å². The van der Waals surface area contributed by atoms with Crippen LogP contribution in [-0.2, 0) is 19.0 Å². The van der Waals surface area contributed by atoms with E-state index in [1.54, 1.807) is 6.07 Å². The molecule has 2 atom stereocenters. The van der Waals surface area contributed by atoms with Crippen LogP contribution in [0.25, 0.3) is 28.0 Å². The summed E-state index contributed by atoms with van der Waals surface area (Å²) in [5.41, 5.74) is 5.60. The fourth-order valence-electron chi connectivity index (χ4n) is 6.61. The van der Waals surface area contributed by atoms with Crippen molar-refractivity contribution >= 4 is 17.4 Å². The first-order valence-corrected chi connectivity index (χ1v) is 15.8. The number of carbonyl (C=O) groups is 1. The number of hydrogen-bond donors (Lipinski definition) is 0. The zero-order valence-electron chi connectivity index (χ0n) is 26.8. The second-order valence-corrected chi connectivity index (χ2v) is 12.5. The van der Waals surface area contributed by atoms with Crippen molar-refractivity contribution in [3.8, 4) is 28.1 Å². The molecule has 0 spiro atoms. The lowest BCUT2D eigenvalue weighted by Crippen LogP contribution is -2.45. The number of imidazole rings is 1. The zero-order valence-corrected chi connectivity index (χ0v) is 26.8. The van der Waals surface area contributed by atoms with E-state index >= 15 is 0 Å². The van der Waals surface area contributed by atoms with Crippen LogP contribution >= 0.6 is 0 Å². The minimum atomic E-state index is -0.891. The minimum absolute atomic E-state index is 0.0756. The quantitative estimate of drug-likeness (QED) is 0.224. The number of aromatic nitrogens is 2. The fourth-order valence-corrected chi connectivity index (χ4v) is 6.61. The van der Waals surface area contributed by atoms with E-state index in [0.717, 1.165) is 90.2 Å². The van der Waals surface area contributed by atoms with Crippen molar-refractivity contribution in [1.29, 1.82) is 0 Å². The maximum atomic E-state index is 14.4. The number of nitrogens with zero attached hydrogens (tertiary/aromatic N) is 3. The SMILES string of the molecule is COC(=O)C(OC)c1c(C)cc2nc3cn2c1N1CCC(C)(CC1)OCCCCC(C)Oc1cc(F)ccc1-c1cccc-3c1. The van der Waals surface area contributed by atoms with Crippen molar-refractivity contribution in [3.05, 3.63) is 71.7 Å². The van der Waals surface area contributed by atoms with E-state index in [9.17, 15) is 9.18 Å². The Kier molecular flexibility index (Phi) is 8.84. The Morgan fingerprint density at radius 3 is 2.62 bits per heavy atom. The van der Waals surface area contributed by atoms with Gasteiger partial charge in [0.15, 0.2) is 6.10 Å². The maximum Gasteiger partial charge on any atom is 0.339 e. The molecule has 0 radical (unpaired) electrons. The number of anilines is 1. The highest BCUT2D eigenvalue weighted by molar-refractivity contribution is 5.81. The molecule has 238 valence electrons. The van der Waals surface area contributed by atoms with Gasteiger partial charge < -0.3 is 23.8 Å². The summed E-state index contributed by atoms with van der Waals surface area (Å²) in [6, 6.07) is 14.8. The molecule has 0 aliphatic carbocycles. The third-order valence-corrected chi connectivity index (χ3v) is 9.20. The van der Waals surface area contributed by atoms with Gasteiger partial charge in [-0.15, -0.1) is 0 Å². The van der Waals surface area contributed by atoms with Gasteiger partial charge in [-0.3, -0.25) is 4.40 Å². The van der Waals surface area contributed by atoms with E-state index < -0.39 is 12.1 Å². The highest BCUT2D eigenvalue weighted by Gasteiger charge is 2.36. The predicted octanol–water partition coefficient (Wildman–Crippen LogP) is 7.30. The molecule has 1 fully saturated rings. The van der Waals surface area contributed by atoms with Crippen LogP contribution in [0.5, 0.6) is 5.75 Å². The van der Waals surface area contributed by atoms with Gasteiger partial charge in [-0.05, 0) is 88.3 Å². The summed E-state index contributed by atoms with van der Waals surface area (Å²) in [7, 11) is 2.91. The number of methoxy groups -OCH3 is 2. The van der Waals surface area contributed by atoms with Gasteiger partial charge in [0.25, 0.3) is 0 Å². The first-order valence-electron chi connectivity index (χ1n) is 15.8. The van der Waals surface area contributed by atoms with E-state index in [1.165, 1.54) is 26.4 Å². The van der Waals surface area contributed by atoms with Gasteiger partial charge in [0.2, 0.25) is 0 Å². The van der Waals surface area contributed by atoms with Gasteiger partial charge in [0.05, 0.1) is 24.5 Å². The Labute approximate surface area is 264 Å². The van der Waals surface area contributed by atoms with Crippen molar-refractivity contribution in [2.45, 2.75) is 70.7 Å². The first kappa shape index (κ1) is 31.0. The molecule has 3 aliphatic rings. The molecule has 2 aromatic heterocycles. The Bertz CT molecular complexity index is 1690. The molecule has 1 saturated heterocycles. The number of pyridine rings is 1. The topological polar surface area (TPSA) is 74.5 Å². The summed E-state index contributed by atoms with van der Waals surface area (Å²) in [6.07, 6.45) is 5.43. The van der Waals surface area contributed by atoms with Gasteiger partial charge in [0, 0.05) is 55.8 Å². The summed E-state index contributed by atoms with van der Waals surface area (Å²) < 4.78 is 40.2. The Balaban J connectivity index is 1.52. The summed E-state index contributed by atoms with van der Waals surface area (Å²) in [5.74, 6) is 0.608. The summed E-state index contributed by atoms with van der Waals surface area (Å²) in [6.45, 7) is 8.38. The number of hydrogen-bond acceptors (Lipinski definition) is 7. The average Bonchev–Trinajstić information content (AvgIpc) is 3.45. The number of benzene rings is 2. The van der Waals surface area contributed by atoms with Crippen molar-refractivity contribution in [2.75, 3.05) is 38.8 Å². The Morgan fingerprint density at radius 1 is 1.09 bits per heavy atom. The van der Waals surface area contributed by atoms with E-state index in [-0.39, 0.29) is 17.5 Å². The second kappa shape index (κ2) is 12.8. The summed E-state index contributed by atoms with van der Waals surface area (Å²) in [5, 5.41) is 0. The third-order valence-electron chi connectivity index (χ3n) is 9.20. The van der Waals surface area contributed by atoms with Crippen LogP contribution in [0.3, 0.4) is 0 Å². The van der Waals surface area contributed by atoms with Crippen LogP contribution in [0.1, 0.15) is 63.2 Å². The molecule has 0 saturated carbocycles. The minimum Gasteiger partial charge on any atom is -0.490 e.